The predicted molar refractivity (Wildman–Crippen MR) is 73.5 cm³/mol. The average molecular weight is 264 g/mol. The fourth-order valence-electron chi connectivity index (χ4n) is 1.53. The molecular weight excluding hydrogens is 244 g/mol. The van der Waals surface area contributed by atoms with Gasteiger partial charge in [0.25, 0.3) is 5.91 Å². The lowest BCUT2D eigenvalue weighted by Gasteiger charge is -2.11. The third-order valence-corrected chi connectivity index (χ3v) is 2.51. The van der Waals surface area contributed by atoms with Gasteiger partial charge in [-0.2, -0.15) is 0 Å². The van der Waals surface area contributed by atoms with Gasteiger partial charge in [0, 0.05) is 6.54 Å². The molecular formula is C14H20N2O3. The molecule has 0 bridgehead atoms. The third-order valence-electron chi connectivity index (χ3n) is 2.51. The van der Waals surface area contributed by atoms with Gasteiger partial charge >= 0.3 is 0 Å². The minimum Gasteiger partial charge on any atom is -0.483 e. The van der Waals surface area contributed by atoms with Gasteiger partial charge in [-0.25, -0.2) is 0 Å². The monoisotopic (exact) mass is 264 g/mol. The summed E-state index contributed by atoms with van der Waals surface area (Å²) in [5.41, 5.74) is 0.447. The minimum absolute atomic E-state index is 0.0766. The molecule has 0 heterocycles. The number of rotatable bonds is 8. The number of hydrogen-bond donors (Lipinski definition) is 1. The van der Waals surface area contributed by atoms with Gasteiger partial charge in [0.2, 0.25) is 0 Å². The van der Waals surface area contributed by atoms with E-state index >= 15 is 0 Å². The molecule has 104 valence electrons. The van der Waals surface area contributed by atoms with Crippen molar-refractivity contribution in [3.8, 4) is 5.75 Å². The molecule has 1 amide bonds. The van der Waals surface area contributed by atoms with Crippen molar-refractivity contribution in [1.82, 2.24) is 10.2 Å². The average Bonchev–Trinajstić information content (AvgIpc) is 2.41. The fraction of sp³-hybridized carbons (Fsp3) is 0.429. The number of benzene rings is 1. The smallest absolute Gasteiger partial charge is 0.257 e. The van der Waals surface area contributed by atoms with Gasteiger partial charge in [0.15, 0.2) is 12.9 Å². The van der Waals surface area contributed by atoms with Gasteiger partial charge in [-0.3, -0.25) is 9.59 Å². The second kappa shape index (κ2) is 8.26. The Morgan fingerprint density at radius 1 is 1.37 bits per heavy atom. The molecule has 0 atom stereocenters. The topological polar surface area (TPSA) is 58.6 Å². The number of nitrogens with zero attached hydrogens (tertiary/aromatic N) is 1. The van der Waals surface area contributed by atoms with Crippen LogP contribution in [0.2, 0.25) is 0 Å². The Kier molecular flexibility index (Phi) is 6.60. The van der Waals surface area contributed by atoms with E-state index in [0.717, 1.165) is 13.0 Å². The molecule has 0 saturated carbocycles. The molecule has 0 saturated heterocycles. The van der Waals surface area contributed by atoms with E-state index in [0.29, 0.717) is 24.1 Å². The second-order valence-corrected chi connectivity index (χ2v) is 4.45. The maximum Gasteiger partial charge on any atom is 0.257 e. The SMILES string of the molecule is CN(C)CCCNC(=O)COc1ccccc1C=O. The van der Waals surface area contributed by atoms with Crippen LogP contribution in [-0.2, 0) is 4.79 Å². The summed E-state index contributed by atoms with van der Waals surface area (Å²) in [6, 6.07) is 6.83. The van der Waals surface area contributed by atoms with Crippen molar-refractivity contribution in [3.05, 3.63) is 29.8 Å². The summed E-state index contributed by atoms with van der Waals surface area (Å²) in [7, 11) is 3.97. The van der Waals surface area contributed by atoms with Crippen molar-refractivity contribution in [2.24, 2.45) is 0 Å². The molecule has 0 aromatic heterocycles. The van der Waals surface area contributed by atoms with Crippen LogP contribution in [0.1, 0.15) is 16.8 Å². The molecule has 5 nitrogen and oxygen atoms in total. The second-order valence-electron chi connectivity index (χ2n) is 4.45. The molecule has 0 unspecified atom stereocenters. The Balaban J connectivity index is 2.28. The molecule has 0 aliphatic heterocycles. The third kappa shape index (κ3) is 6.01. The number of carbonyl (C=O) groups is 2. The number of amides is 1. The number of hydrogen-bond acceptors (Lipinski definition) is 4. The van der Waals surface area contributed by atoms with Crippen LogP contribution in [0.3, 0.4) is 0 Å². The lowest BCUT2D eigenvalue weighted by atomic mass is 10.2. The first-order valence-corrected chi connectivity index (χ1v) is 6.22. The van der Waals surface area contributed by atoms with Gasteiger partial charge in [-0.15, -0.1) is 0 Å². The van der Waals surface area contributed by atoms with Crippen molar-refractivity contribution in [2.45, 2.75) is 6.42 Å². The lowest BCUT2D eigenvalue weighted by molar-refractivity contribution is -0.123. The highest BCUT2D eigenvalue weighted by molar-refractivity contribution is 5.80. The number of carbonyl (C=O) groups excluding carboxylic acids is 2. The summed E-state index contributed by atoms with van der Waals surface area (Å²) in [5.74, 6) is 0.250. The molecule has 1 aromatic carbocycles. The maximum absolute atomic E-state index is 11.5. The highest BCUT2D eigenvalue weighted by Crippen LogP contribution is 2.15. The van der Waals surface area contributed by atoms with Crippen LogP contribution in [0.15, 0.2) is 24.3 Å². The molecule has 0 fully saturated rings. The van der Waals surface area contributed by atoms with Gasteiger partial charge in [0.05, 0.1) is 5.56 Å². The van der Waals surface area contributed by atoms with E-state index in [2.05, 4.69) is 10.2 Å². The first kappa shape index (κ1) is 15.2. The molecule has 1 aromatic rings. The Morgan fingerprint density at radius 2 is 2.11 bits per heavy atom. The zero-order chi connectivity index (χ0) is 14.1. The van der Waals surface area contributed by atoms with Crippen molar-refractivity contribution in [1.29, 1.82) is 0 Å². The molecule has 0 aliphatic carbocycles. The highest BCUT2D eigenvalue weighted by Gasteiger charge is 2.05. The highest BCUT2D eigenvalue weighted by atomic mass is 16.5. The zero-order valence-electron chi connectivity index (χ0n) is 11.4. The molecule has 0 radical (unpaired) electrons. The number of para-hydroxylation sites is 1. The van der Waals surface area contributed by atoms with Gasteiger partial charge < -0.3 is 15.0 Å². The van der Waals surface area contributed by atoms with E-state index in [-0.39, 0.29) is 12.5 Å². The number of ether oxygens (including phenoxy) is 1. The van der Waals surface area contributed by atoms with Crippen LogP contribution in [0.4, 0.5) is 0 Å². The van der Waals surface area contributed by atoms with E-state index in [1.807, 2.05) is 14.1 Å². The Bertz CT molecular complexity index is 419. The molecule has 1 rings (SSSR count). The normalized spacial score (nSPS) is 10.3. The van der Waals surface area contributed by atoms with Crippen LogP contribution < -0.4 is 10.1 Å². The van der Waals surface area contributed by atoms with E-state index in [9.17, 15) is 9.59 Å². The minimum atomic E-state index is -0.181. The summed E-state index contributed by atoms with van der Waals surface area (Å²) < 4.78 is 5.31. The van der Waals surface area contributed by atoms with Gasteiger partial charge in [0.1, 0.15) is 5.75 Å². The standard InChI is InChI=1S/C14H20N2O3/c1-16(2)9-5-8-15-14(18)11-19-13-7-4-3-6-12(13)10-17/h3-4,6-7,10H,5,8-9,11H2,1-2H3,(H,15,18). The summed E-state index contributed by atoms with van der Waals surface area (Å²) in [6.45, 7) is 1.47. The zero-order valence-corrected chi connectivity index (χ0v) is 11.4. The largest absolute Gasteiger partial charge is 0.483 e. The number of nitrogens with one attached hydrogen (secondary N) is 1. The fourth-order valence-corrected chi connectivity index (χ4v) is 1.53. The van der Waals surface area contributed by atoms with Crippen LogP contribution >= 0.6 is 0 Å². The Morgan fingerprint density at radius 3 is 2.79 bits per heavy atom. The van der Waals surface area contributed by atoms with Crippen LogP contribution in [-0.4, -0.2) is 50.9 Å². The molecule has 1 N–H and O–H groups in total. The number of aldehydes is 1. The van der Waals surface area contributed by atoms with E-state index in [4.69, 9.17) is 4.74 Å². The molecule has 0 aliphatic rings. The Hall–Kier alpha value is -1.88. The predicted octanol–water partition coefficient (Wildman–Crippen LogP) is 0.946. The van der Waals surface area contributed by atoms with Crippen molar-refractivity contribution < 1.29 is 14.3 Å². The summed E-state index contributed by atoms with van der Waals surface area (Å²) in [4.78, 5) is 24.3. The first-order chi connectivity index (χ1) is 9.13. The summed E-state index contributed by atoms with van der Waals surface area (Å²) >= 11 is 0. The van der Waals surface area contributed by atoms with Gasteiger partial charge in [-0.1, -0.05) is 12.1 Å². The molecule has 5 heteroatoms. The van der Waals surface area contributed by atoms with E-state index in [1.54, 1.807) is 24.3 Å². The maximum atomic E-state index is 11.5. The molecule has 0 spiro atoms. The summed E-state index contributed by atoms with van der Waals surface area (Å²) in [5, 5.41) is 2.77. The van der Waals surface area contributed by atoms with Crippen LogP contribution in [0.5, 0.6) is 5.75 Å². The van der Waals surface area contributed by atoms with E-state index in [1.165, 1.54) is 0 Å². The molecule has 19 heavy (non-hydrogen) atoms. The van der Waals surface area contributed by atoms with E-state index < -0.39 is 0 Å². The first-order valence-electron chi connectivity index (χ1n) is 6.22. The Labute approximate surface area is 113 Å². The van der Waals surface area contributed by atoms with Gasteiger partial charge in [-0.05, 0) is 39.2 Å². The van der Waals surface area contributed by atoms with Crippen molar-refractivity contribution >= 4 is 12.2 Å². The van der Waals surface area contributed by atoms with Crippen LogP contribution in [0.25, 0.3) is 0 Å². The van der Waals surface area contributed by atoms with Crippen molar-refractivity contribution in [3.63, 3.8) is 0 Å². The van der Waals surface area contributed by atoms with Crippen molar-refractivity contribution in [2.75, 3.05) is 33.8 Å². The van der Waals surface area contributed by atoms with Crippen LogP contribution in [0, 0.1) is 0 Å². The lowest BCUT2D eigenvalue weighted by Crippen LogP contribution is -2.31. The quantitative estimate of drug-likeness (QED) is 0.561. The summed E-state index contributed by atoms with van der Waals surface area (Å²) in [6.07, 6.45) is 1.61.